The van der Waals surface area contributed by atoms with Crippen LogP contribution in [0, 0.1) is 0 Å². The molecule has 0 saturated heterocycles. The zero-order valence-electron chi connectivity index (χ0n) is 13.7. The third kappa shape index (κ3) is 4.33. The highest BCUT2D eigenvalue weighted by Gasteiger charge is 2.21. The molecule has 0 fully saturated rings. The Morgan fingerprint density at radius 3 is 2.56 bits per heavy atom. The van der Waals surface area contributed by atoms with Crippen molar-refractivity contribution in [3.8, 4) is 11.4 Å². The summed E-state index contributed by atoms with van der Waals surface area (Å²) in [6.07, 6.45) is 0.664. The summed E-state index contributed by atoms with van der Waals surface area (Å²) in [7, 11) is 0. The van der Waals surface area contributed by atoms with E-state index in [1.54, 1.807) is 0 Å². The smallest absolute Gasteiger partial charge is 0.313 e. The lowest BCUT2D eigenvalue weighted by atomic mass is 9.97. The van der Waals surface area contributed by atoms with Crippen LogP contribution in [-0.2, 0) is 16.1 Å². The van der Waals surface area contributed by atoms with Gasteiger partial charge in [-0.25, -0.2) is 0 Å². The van der Waals surface area contributed by atoms with Crippen LogP contribution in [0.25, 0.3) is 11.4 Å². The molecule has 0 amide bonds. The van der Waals surface area contributed by atoms with E-state index in [0.29, 0.717) is 12.2 Å². The van der Waals surface area contributed by atoms with Crippen LogP contribution in [0.4, 0.5) is 0 Å². The summed E-state index contributed by atoms with van der Waals surface area (Å²) in [6.45, 7) is 1.92. The van der Waals surface area contributed by atoms with Crippen LogP contribution in [0.5, 0.6) is 0 Å². The molecule has 2 aromatic carbocycles. The van der Waals surface area contributed by atoms with E-state index in [-0.39, 0.29) is 24.4 Å². The predicted octanol–water partition coefficient (Wildman–Crippen LogP) is 4.74. The summed E-state index contributed by atoms with van der Waals surface area (Å²) in [5, 5.41) is 3.92. The molecule has 3 rings (SSSR count). The molecule has 0 bridgehead atoms. The number of nitrogens with zero attached hydrogens (tertiary/aromatic N) is 2. The van der Waals surface area contributed by atoms with E-state index in [1.807, 2.05) is 61.5 Å². The third-order valence-electron chi connectivity index (χ3n) is 3.80. The van der Waals surface area contributed by atoms with Gasteiger partial charge in [-0.1, -0.05) is 58.3 Å². The number of aromatic nitrogens is 2. The van der Waals surface area contributed by atoms with Crippen LogP contribution >= 0.6 is 15.9 Å². The van der Waals surface area contributed by atoms with Gasteiger partial charge in [-0.3, -0.25) is 4.79 Å². The minimum Gasteiger partial charge on any atom is -0.455 e. The molecule has 1 atom stereocenters. The van der Waals surface area contributed by atoms with Gasteiger partial charge in [0.2, 0.25) is 5.82 Å². The number of ether oxygens (including phenoxy) is 1. The second-order valence-electron chi connectivity index (χ2n) is 5.50. The van der Waals surface area contributed by atoms with Crippen molar-refractivity contribution in [2.24, 2.45) is 0 Å². The predicted molar refractivity (Wildman–Crippen MR) is 96.7 cm³/mol. The molecule has 3 aromatic rings. The first-order chi connectivity index (χ1) is 12.2. The van der Waals surface area contributed by atoms with Crippen molar-refractivity contribution in [1.82, 2.24) is 10.1 Å². The fourth-order valence-electron chi connectivity index (χ4n) is 2.49. The molecule has 0 radical (unpaired) electrons. The number of rotatable bonds is 6. The Hall–Kier alpha value is -2.47. The number of carbonyl (C=O) groups excluding carboxylic acids is 1. The van der Waals surface area contributed by atoms with Crippen LogP contribution in [0.15, 0.2) is 63.6 Å². The van der Waals surface area contributed by atoms with Crippen LogP contribution in [0.1, 0.15) is 30.7 Å². The number of esters is 1. The van der Waals surface area contributed by atoms with E-state index in [9.17, 15) is 4.79 Å². The van der Waals surface area contributed by atoms with Gasteiger partial charge in [-0.15, -0.1) is 0 Å². The van der Waals surface area contributed by atoms with E-state index in [1.165, 1.54) is 0 Å². The van der Waals surface area contributed by atoms with Crippen molar-refractivity contribution in [1.29, 1.82) is 0 Å². The van der Waals surface area contributed by atoms with E-state index >= 15 is 0 Å². The average molecular weight is 401 g/mol. The average Bonchev–Trinajstić information content (AvgIpc) is 3.11. The van der Waals surface area contributed by atoms with Gasteiger partial charge in [0.15, 0.2) is 6.61 Å². The molecule has 0 saturated carbocycles. The molecule has 6 heteroatoms. The van der Waals surface area contributed by atoms with Crippen molar-refractivity contribution < 1.29 is 14.1 Å². The molecule has 0 unspecified atom stereocenters. The largest absolute Gasteiger partial charge is 0.455 e. The second kappa shape index (κ2) is 8.07. The minimum absolute atomic E-state index is 0.0360. The monoisotopic (exact) mass is 400 g/mol. The summed E-state index contributed by atoms with van der Waals surface area (Å²) in [6, 6.07) is 17.2. The molecular weight excluding hydrogens is 384 g/mol. The van der Waals surface area contributed by atoms with Gasteiger partial charge in [-0.2, -0.15) is 4.98 Å². The first-order valence-electron chi connectivity index (χ1n) is 7.97. The molecule has 0 aliphatic heterocycles. The highest BCUT2D eigenvalue weighted by molar-refractivity contribution is 9.10. The zero-order chi connectivity index (χ0) is 17.6. The molecule has 0 spiro atoms. The molecule has 0 aliphatic carbocycles. The maximum absolute atomic E-state index is 12.3. The fraction of sp³-hybridized carbons (Fsp3) is 0.211. The Balaban J connectivity index is 1.63. The van der Waals surface area contributed by atoms with Gasteiger partial charge >= 0.3 is 5.97 Å². The third-order valence-corrected chi connectivity index (χ3v) is 4.33. The quantitative estimate of drug-likeness (QED) is 0.559. The summed E-state index contributed by atoms with van der Waals surface area (Å²) in [5.41, 5.74) is 1.77. The van der Waals surface area contributed by atoms with Gasteiger partial charge < -0.3 is 9.26 Å². The number of hydrogen-bond acceptors (Lipinski definition) is 5. The highest BCUT2D eigenvalue weighted by Crippen LogP contribution is 2.22. The lowest BCUT2D eigenvalue weighted by Crippen LogP contribution is -2.15. The summed E-state index contributed by atoms with van der Waals surface area (Å²) in [5.74, 6) is 0.148. The van der Waals surface area contributed by atoms with Crippen LogP contribution in [-0.4, -0.2) is 16.1 Å². The SMILES string of the molecule is CC[C@H](C(=O)OCc1nc(-c2ccc(Br)cc2)no1)c1ccccc1. The van der Waals surface area contributed by atoms with Crippen LogP contribution < -0.4 is 0 Å². The number of hydrogen-bond donors (Lipinski definition) is 0. The van der Waals surface area contributed by atoms with Crippen molar-refractivity contribution in [3.05, 3.63) is 70.5 Å². The lowest BCUT2D eigenvalue weighted by Gasteiger charge is -2.13. The standard InChI is InChI=1S/C19H17BrN2O3/c1-2-16(13-6-4-3-5-7-13)19(23)24-12-17-21-18(22-25-17)14-8-10-15(20)11-9-14/h3-11,16H,2,12H2,1H3/t16-/m0/s1. The van der Waals surface area contributed by atoms with Gasteiger partial charge in [-0.05, 0) is 36.2 Å². The van der Waals surface area contributed by atoms with Crippen molar-refractivity contribution in [2.45, 2.75) is 25.9 Å². The van der Waals surface area contributed by atoms with E-state index in [4.69, 9.17) is 9.26 Å². The van der Waals surface area contributed by atoms with Gasteiger partial charge in [0.1, 0.15) is 0 Å². The van der Waals surface area contributed by atoms with Crippen molar-refractivity contribution in [3.63, 3.8) is 0 Å². The molecule has 1 aromatic heterocycles. The molecule has 1 heterocycles. The topological polar surface area (TPSA) is 65.2 Å². The molecule has 0 aliphatic rings. The molecule has 25 heavy (non-hydrogen) atoms. The fourth-order valence-corrected chi connectivity index (χ4v) is 2.75. The van der Waals surface area contributed by atoms with Gasteiger partial charge in [0, 0.05) is 10.0 Å². The molecular formula is C19H17BrN2O3. The number of halogens is 1. The summed E-state index contributed by atoms with van der Waals surface area (Å²) < 4.78 is 11.5. The molecule has 0 N–H and O–H groups in total. The highest BCUT2D eigenvalue weighted by atomic mass is 79.9. The second-order valence-corrected chi connectivity index (χ2v) is 6.41. The van der Waals surface area contributed by atoms with Gasteiger partial charge in [0.25, 0.3) is 5.89 Å². The van der Waals surface area contributed by atoms with E-state index in [2.05, 4.69) is 26.1 Å². The maximum atomic E-state index is 12.3. The summed E-state index contributed by atoms with van der Waals surface area (Å²) in [4.78, 5) is 16.6. The normalized spacial score (nSPS) is 11.9. The Kier molecular flexibility index (Phi) is 5.60. The van der Waals surface area contributed by atoms with E-state index in [0.717, 1.165) is 15.6 Å². The minimum atomic E-state index is -0.296. The molecule has 5 nitrogen and oxygen atoms in total. The Morgan fingerprint density at radius 1 is 1.16 bits per heavy atom. The van der Waals surface area contributed by atoms with Crippen molar-refractivity contribution >= 4 is 21.9 Å². The number of carbonyl (C=O) groups is 1. The Bertz CT molecular complexity index is 831. The lowest BCUT2D eigenvalue weighted by molar-refractivity contribution is -0.147. The van der Waals surface area contributed by atoms with Crippen LogP contribution in [0.3, 0.4) is 0 Å². The Labute approximate surface area is 154 Å². The van der Waals surface area contributed by atoms with Crippen molar-refractivity contribution in [2.75, 3.05) is 0 Å². The van der Waals surface area contributed by atoms with E-state index < -0.39 is 0 Å². The molecule has 128 valence electrons. The van der Waals surface area contributed by atoms with Gasteiger partial charge in [0.05, 0.1) is 5.92 Å². The first kappa shape index (κ1) is 17.4. The zero-order valence-corrected chi connectivity index (χ0v) is 15.3. The Morgan fingerprint density at radius 2 is 1.88 bits per heavy atom. The summed E-state index contributed by atoms with van der Waals surface area (Å²) >= 11 is 3.38. The number of benzene rings is 2. The van der Waals surface area contributed by atoms with Crippen LogP contribution in [0.2, 0.25) is 0 Å². The maximum Gasteiger partial charge on any atom is 0.313 e. The first-order valence-corrected chi connectivity index (χ1v) is 8.76.